The highest BCUT2D eigenvalue weighted by Gasteiger charge is 2.44. The van der Waals surface area contributed by atoms with Gasteiger partial charge in [0.15, 0.2) is 11.2 Å². The van der Waals surface area contributed by atoms with Gasteiger partial charge in [0.25, 0.3) is 0 Å². The van der Waals surface area contributed by atoms with Crippen LogP contribution in [0.25, 0.3) is 11.2 Å². The molecule has 6 atom stereocenters. The van der Waals surface area contributed by atoms with Crippen LogP contribution in [0.1, 0.15) is 20.1 Å². The van der Waals surface area contributed by atoms with Crippen molar-refractivity contribution < 1.29 is 37.7 Å². The quantitative estimate of drug-likeness (QED) is 0.239. The van der Waals surface area contributed by atoms with Gasteiger partial charge in [-0.3, -0.25) is 13.9 Å². The first-order chi connectivity index (χ1) is 18.0. The molecule has 0 radical (unpaired) electrons. The third kappa shape index (κ3) is 5.85. The predicted octanol–water partition coefficient (Wildman–Crippen LogP) is 2.32. The van der Waals surface area contributed by atoms with Crippen LogP contribution in [0.15, 0.2) is 30.6 Å². The molecule has 1 aliphatic rings. The van der Waals surface area contributed by atoms with Crippen LogP contribution in [0.4, 0.5) is 5.95 Å². The lowest BCUT2D eigenvalue weighted by atomic mass is 10.0. The van der Waals surface area contributed by atoms with Crippen LogP contribution in [0.5, 0.6) is 11.6 Å². The molecule has 14 nitrogen and oxygen atoms in total. The largest absolute Gasteiger partial charge is 0.479 e. The predicted molar refractivity (Wildman–Crippen MR) is 136 cm³/mol. The van der Waals surface area contributed by atoms with Crippen molar-refractivity contribution in [2.75, 3.05) is 26.6 Å². The van der Waals surface area contributed by atoms with E-state index in [2.05, 4.69) is 20.0 Å². The Labute approximate surface area is 222 Å². The monoisotopic (exact) mass is 570 g/mol. The number of carbonyl (C=O) groups excluding carboxylic acids is 1. The minimum atomic E-state index is -4.17. The highest BCUT2D eigenvalue weighted by molar-refractivity contribution is 7.52. The van der Waals surface area contributed by atoms with E-state index in [4.69, 9.17) is 40.6 Å². The number of nitrogens with zero attached hydrogens (tertiary/aromatic N) is 4. The number of methoxy groups -OCH3 is 2. The molecule has 1 saturated heterocycles. The molecule has 0 spiro atoms. The third-order valence-electron chi connectivity index (χ3n) is 5.91. The van der Waals surface area contributed by atoms with Crippen molar-refractivity contribution in [1.29, 1.82) is 0 Å². The number of imidazole rings is 1. The zero-order valence-corrected chi connectivity index (χ0v) is 22.6. The summed E-state index contributed by atoms with van der Waals surface area (Å²) < 4.78 is 42.5. The molecule has 1 aliphatic heterocycles. The first-order valence-electron chi connectivity index (χ1n) is 11.5. The lowest BCUT2D eigenvalue weighted by Gasteiger charge is -2.24. The second kappa shape index (κ2) is 11.4. The summed E-state index contributed by atoms with van der Waals surface area (Å²) in [6, 6.07) is 5.04. The van der Waals surface area contributed by atoms with Gasteiger partial charge in [-0.25, -0.2) is 9.55 Å². The number of esters is 1. The topological polar surface area (TPSA) is 182 Å². The molecule has 38 heavy (non-hydrogen) atoms. The van der Waals surface area contributed by atoms with Gasteiger partial charge in [-0.05, 0) is 31.2 Å². The van der Waals surface area contributed by atoms with Crippen LogP contribution >= 0.6 is 19.3 Å². The second-order valence-corrected chi connectivity index (χ2v) is 10.7. The number of nitrogen functional groups attached to an aromatic ring is 1. The van der Waals surface area contributed by atoms with Gasteiger partial charge in [0, 0.05) is 10.9 Å². The van der Waals surface area contributed by atoms with E-state index in [1.54, 1.807) is 23.6 Å². The minimum absolute atomic E-state index is 0.0201. The molecular formula is C22H28ClN6O8P. The number of aliphatic hydroxyl groups excluding tert-OH is 1. The van der Waals surface area contributed by atoms with Gasteiger partial charge in [-0.2, -0.15) is 15.1 Å². The Bertz CT molecular complexity index is 1340. The molecule has 0 aliphatic carbocycles. The number of aromatic nitrogens is 4. The minimum Gasteiger partial charge on any atom is -0.479 e. The van der Waals surface area contributed by atoms with E-state index >= 15 is 0 Å². The van der Waals surface area contributed by atoms with Gasteiger partial charge in [-0.15, -0.1) is 0 Å². The van der Waals surface area contributed by atoms with Crippen molar-refractivity contribution in [3.8, 4) is 11.6 Å². The summed E-state index contributed by atoms with van der Waals surface area (Å²) in [6.07, 6.45) is -1.19. The Morgan fingerprint density at radius 2 is 2.03 bits per heavy atom. The number of benzene rings is 1. The summed E-state index contributed by atoms with van der Waals surface area (Å²) in [5.41, 5.74) is 6.53. The van der Waals surface area contributed by atoms with Crippen LogP contribution < -0.4 is 20.1 Å². The smallest absolute Gasteiger partial charge is 0.459 e. The maximum Gasteiger partial charge on any atom is 0.459 e. The van der Waals surface area contributed by atoms with Crippen molar-refractivity contribution in [2.45, 2.75) is 38.3 Å². The SMILES string of the molecule is COC(=O)C(C)NP(=O)(OCC1OC(n2cnc3c(OC)nc(N)nc32)C(C)C1O)Oc1ccc(Cl)cc1. The zero-order valence-electron chi connectivity index (χ0n) is 21.0. The number of anilines is 1. The number of nitrogens with one attached hydrogen (secondary N) is 1. The van der Waals surface area contributed by atoms with Gasteiger partial charge in [0.2, 0.25) is 11.8 Å². The number of hydrogen-bond acceptors (Lipinski definition) is 12. The molecule has 0 amide bonds. The average Bonchev–Trinajstić information content (AvgIpc) is 3.43. The molecule has 0 bridgehead atoms. The van der Waals surface area contributed by atoms with Gasteiger partial charge < -0.3 is 29.6 Å². The van der Waals surface area contributed by atoms with Crippen molar-refractivity contribution in [3.05, 3.63) is 35.6 Å². The lowest BCUT2D eigenvalue weighted by molar-refractivity contribution is -0.142. The normalized spacial score (nSPS) is 23.6. The Balaban J connectivity index is 1.54. The van der Waals surface area contributed by atoms with E-state index in [1.165, 1.54) is 39.6 Å². The summed E-state index contributed by atoms with van der Waals surface area (Å²) in [6.45, 7) is 2.86. The molecule has 16 heteroatoms. The molecule has 0 saturated carbocycles. The lowest BCUT2D eigenvalue weighted by Crippen LogP contribution is -2.36. The third-order valence-corrected chi connectivity index (χ3v) is 7.81. The van der Waals surface area contributed by atoms with Gasteiger partial charge in [0.05, 0.1) is 33.3 Å². The number of halogens is 1. The van der Waals surface area contributed by atoms with Gasteiger partial charge in [0.1, 0.15) is 24.1 Å². The highest BCUT2D eigenvalue weighted by Crippen LogP contribution is 2.46. The number of aliphatic hydroxyl groups is 1. The van der Waals surface area contributed by atoms with E-state index in [0.29, 0.717) is 16.2 Å². The molecular weight excluding hydrogens is 543 g/mol. The first kappa shape index (κ1) is 28.0. The number of rotatable bonds is 10. The van der Waals surface area contributed by atoms with Crippen molar-refractivity contribution >= 4 is 42.4 Å². The Morgan fingerprint density at radius 3 is 2.68 bits per heavy atom. The first-order valence-corrected chi connectivity index (χ1v) is 13.4. The van der Waals surface area contributed by atoms with Gasteiger partial charge >= 0.3 is 13.7 Å². The zero-order chi connectivity index (χ0) is 27.6. The summed E-state index contributed by atoms with van der Waals surface area (Å²) >= 11 is 5.92. The molecule has 2 aromatic heterocycles. The van der Waals surface area contributed by atoms with E-state index in [9.17, 15) is 14.5 Å². The van der Waals surface area contributed by atoms with Crippen molar-refractivity contribution in [1.82, 2.24) is 24.6 Å². The Hall–Kier alpha value is -3.00. The number of hydrogen-bond donors (Lipinski definition) is 3. The summed E-state index contributed by atoms with van der Waals surface area (Å²) in [4.78, 5) is 24.5. The number of ether oxygens (including phenoxy) is 3. The molecule has 206 valence electrons. The second-order valence-electron chi connectivity index (χ2n) is 8.54. The van der Waals surface area contributed by atoms with Crippen LogP contribution in [0.2, 0.25) is 5.02 Å². The fourth-order valence-corrected chi connectivity index (χ4v) is 5.57. The van der Waals surface area contributed by atoms with Crippen LogP contribution in [0, 0.1) is 5.92 Å². The number of nitrogens with two attached hydrogens (primary N) is 1. The summed E-state index contributed by atoms with van der Waals surface area (Å²) in [5.74, 6) is -0.779. The van der Waals surface area contributed by atoms with Crippen molar-refractivity contribution in [2.24, 2.45) is 5.92 Å². The Morgan fingerprint density at radius 1 is 1.32 bits per heavy atom. The number of fused-ring (bicyclic) bond motifs is 1. The van der Waals surface area contributed by atoms with Crippen LogP contribution in [-0.4, -0.2) is 69.7 Å². The molecule has 3 aromatic rings. The van der Waals surface area contributed by atoms with Crippen LogP contribution in [0.3, 0.4) is 0 Å². The summed E-state index contributed by atoms with van der Waals surface area (Å²) in [7, 11) is -1.54. The molecule has 1 fully saturated rings. The van der Waals surface area contributed by atoms with E-state index in [-0.39, 0.29) is 24.2 Å². The standard InChI is InChI=1S/C22H28ClN6O8P/c1-11-17(30)15(36-20(11)29-10-25-16-18(29)26-22(24)27-19(16)33-3)9-35-38(32,28-12(2)21(31)34-4)37-14-7-5-13(23)6-8-14/h5-8,10-12,15,17,20,30H,9H2,1-4H3,(H,28,32)(H2,24,26,27). The molecule has 4 N–H and O–H groups in total. The molecule has 6 unspecified atom stereocenters. The maximum absolute atomic E-state index is 13.6. The maximum atomic E-state index is 13.6. The van der Waals surface area contributed by atoms with Crippen molar-refractivity contribution in [3.63, 3.8) is 0 Å². The fourth-order valence-electron chi connectivity index (χ4n) is 3.95. The van der Waals surface area contributed by atoms with E-state index in [0.717, 1.165) is 0 Å². The highest BCUT2D eigenvalue weighted by atomic mass is 35.5. The molecule has 1 aromatic carbocycles. The van der Waals surface area contributed by atoms with E-state index < -0.39 is 44.1 Å². The average molecular weight is 571 g/mol. The molecule has 4 rings (SSSR count). The van der Waals surface area contributed by atoms with Crippen LogP contribution in [-0.2, 0) is 23.4 Å². The van der Waals surface area contributed by atoms with E-state index in [1.807, 2.05) is 0 Å². The Kier molecular flexibility index (Phi) is 8.40. The summed E-state index contributed by atoms with van der Waals surface area (Å²) in [5, 5.41) is 13.9. The van der Waals surface area contributed by atoms with Gasteiger partial charge in [-0.1, -0.05) is 18.5 Å². The number of carbonyl (C=O) groups is 1. The fraction of sp³-hybridized carbons (Fsp3) is 0.455. The molecule has 3 heterocycles.